The number of aliphatic hydroxyl groups is 1. The molecule has 5 rings (SSSR count). The second-order valence-corrected chi connectivity index (χ2v) is 12.9. The number of carbonyl (C=O) groups excluding carboxylic acids is 2. The summed E-state index contributed by atoms with van der Waals surface area (Å²) in [5, 5.41) is 30.6. The van der Waals surface area contributed by atoms with Gasteiger partial charge in [0.1, 0.15) is 0 Å². The number of hydrogen-bond acceptors (Lipinski definition) is 8. The summed E-state index contributed by atoms with van der Waals surface area (Å²) < 4.78 is 12.9. The highest BCUT2D eigenvalue weighted by molar-refractivity contribution is 7.99. The molecule has 0 saturated carbocycles. The molecule has 3 atom stereocenters. The summed E-state index contributed by atoms with van der Waals surface area (Å²) in [5.74, 6) is -0.988. The lowest BCUT2D eigenvalue weighted by Crippen LogP contribution is -2.31. The van der Waals surface area contributed by atoms with Crippen molar-refractivity contribution in [3.05, 3.63) is 125 Å². The molecule has 256 valence electrons. The number of nitrogens with one attached hydrogen (secondary N) is 2. The third kappa shape index (κ3) is 10.2. The SMILES string of the molecule is O=C(CCCCC(=O)NCc1cccc(-c2ccc([C@H]3O[C@@H](CSc4ccccc4C(=O)O)C[C@@H](c4ccc(CO)cc4)O3)cc2)c1)NO. The normalized spacial score (nSPS) is 17.3. The molecule has 0 bridgehead atoms. The van der Waals surface area contributed by atoms with Gasteiger partial charge in [0.25, 0.3) is 0 Å². The standard InChI is InChI=1S/C38H40N2O8S/c41-23-25-12-14-28(15-13-25)33-21-31(24-49-34-9-2-1-8-32(34)37(44)45)47-38(48-33)29-18-16-27(17-19-29)30-7-5-6-26(20-30)22-39-35(42)10-3-4-11-36(43)40-46/h1-2,5-9,12-20,31,33,38,41,46H,3-4,10-11,21-24H2,(H,39,42)(H,40,43)(H,44,45)/t31-,33+,38+/m1/s1. The Hall–Kier alpha value is -4.52. The van der Waals surface area contributed by atoms with Crippen LogP contribution in [0.3, 0.4) is 0 Å². The number of aromatic carboxylic acids is 1. The maximum atomic E-state index is 12.3. The smallest absolute Gasteiger partial charge is 0.336 e. The molecule has 0 aliphatic carbocycles. The minimum Gasteiger partial charge on any atom is -0.478 e. The van der Waals surface area contributed by atoms with E-state index in [0.717, 1.165) is 33.4 Å². The summed E-state index contributed by atoms with van der Waals surface area (Å²) in [6, 6.07) is 30.5. The molecule has 0 spiro atoms. The number of hydroxylamine groups is 1. The van der Waals surface area contributed by atoms with Crippen molar-refractivity contribution in [3.63, 3.8) is 0 Å². The van der Waals surface area contributed by atoms with Crippen LogP contribution in [0.4, 0.5) is 0 Å². The van der Waals surface area contributed by atoms with Gasteiger partial charge in [-0.2, -0.15) is 0 Å². The van der Waals surface area contributed by atoms with E-state index in [1.54, 1.807) is 17.6 Å². The van der Waals surface area contributed by atoms with E-state index in [9.17, 15) is 24.6 Å². The third-order valence-corrected chi connectivity index (χ3v) is 9.48. The Morgan fingerprint density at radius 1 is 0.776 bits per heavy atom. The molecule has 49 heavy (non-hydrogen) atoms. The number of carboxylic acid groups (broad SMARTS) is 1. The number of benzene rings is 4. The van der Waals surface area contributed by atoms with E-state index >= 15 is 0 Å². The fraction of sp³-hybridized carbons (Fsp3) is 0.289. The number of ether oxygens (including phenoxy) is 2. The molecular formula is C38H40N2O8S. The van der Waals surface area contributed by atoms with E-state index in [1.165, 1.54) is 11.8 Å². The number of rotatable bonds is 15. The Kier molecular flexibility index (Phi) is 13.0. The van der Waals surface area contributed by atoms with Crippen molar-refractivity contribution in [3.8, 4) is 11.1 Å². The number of amides is 2. The van der Waals surface area contributed by atoms with Crippen molar-refractivity contribution in [2.24, 2.45) is 0 Å². The Labute approximate surface area is 289 Å². The van der Waals surface area contributed by atoms with E-state index in [0.29, 0.717) is 42.9 Å². The predicted octanol–water partition coefficient (Wildman–Crippen LogP) is 6.56. The lowest BCUT2D eigenvalue weighted by molar-refractivity contribution is -0.245. The monoisotopic (exact) mass is 684 g/mol. The van der Waals surface area contributed by atoms with E-state index in [-0.39, 0.29) is 36.7 Å². The largest absolute Gasteiger partial charge is 0.478 e. The van der Waals surface area contributed by atoms with Crippen LogP contribution in [0.25, 0.3) is 11.1 Å². The van der Waals surface area contributed by atoms with Crippen LogP contribution in [-0.2, 0) is 32.2 Å². The summed E-state index contributed by atoms with van der Waals surface area (Å²) in [5.41, 5.74) is 7.42. The van der Waals surface area contributed by atoms with Gasteiger partial charge in [0.2, 0.25) is 11.8 Å². The first kappa shape index (κ1) is 35.8. The average molecular weight is 685 g/mol. The quantitative estimate of drug-likeness (QED) is 0.0405. The highest BCUT2D eigenvalue weighted by Crippen LogP contribution is 2.40. The van der Waals surface area contributed by atoms with Crippen molar-refractivity contribution >= 4 is 29.5 Å². The summed E-state index contributed by atoms with van der Waals surface area (Å²) in [6.07, 6.45) is 0.987. The van der Waals surface area contributed by atoms with Crippen LogP contribution in [0.15, 0.2) is 102 Å². The highest BCUT2D eigenvalue weighted by Gasteiger charge is 2.32. The Balaban J connectivity index is 1.25. The zero-order chi connectivity index (χ0) is 34.6. The zero-order valence-corrected chi connectivity index (χ0v) is 27.7. The van der Waals surface area contributed by atoms with Crippen LogP contribution < -0.4 is 10.8 Å². The van der Waals surface area contributed by atoms with Crippen molar-refractivity contribution in [2.45, 2.75) is 68.6 Å². The molecule has 1 saturated heterocycles. The summed E-state index contributed by atoms with van der Waals surface area (Å²) in [6.45, 7) is 0.335. The lowest BCUT2D eigenvalue weighted by Gasteiger charge is -2.36. The van der Waals surface area contributed by atoms with Crippen LogP contribution in [0, 0.1) is 0 Å². The van der Waals surface area contributed by atoms with Gasteiger partial charge < -0.3 is 25.0 Å². The first-order chi connectivity index (χ1) is 23.8. The second kappa shape index (κ2) is 17.8. The summed E-state index contributed by atoms with van der Waals surface area (Å²) in [7, 11) is 0. The molecule has 1 fully saturated rings. The Bertz CT molecular complexity index is 1710. The van der Waals surface area contributed by atoms with Gasteiger partial charge >= 0.3 is 5.97 Å². The molecule has 0 unspecified atom stereocenters. The highest BCUT2D eigenvalue weighted by atomic mass is 32.2. The molecule has 2 amide bonds. The molecule has 1 aliphatic rings. The molecule has 1 aliphatic heterocycles. The number of carbonyl (C=O) groups is 3. The molecule has 1 heterocycles. The van der Waals surface area contributed by atoms with Gasteiger partial charge in [0, 0.05) is 42.0 Å². The van der Waals surface area contributed by atoms with E-state index in [2.05, 4.69) is 5.32 Å². The van der Waals surface area contributed by atoms with Gasteiger partial charge in [-0.05, 0) is 58.9 Å². The molecular weight excluding hydrogens is 644 g/mol. The maximum Gasteiger partial charge on any atom is 0.336 e. The summed E-state index contributed by atoms with van der Waals surface area (Å²) >= 11 is 1.45. The molecule has 11 heteroatoms. The number of carboxylic acids is 1. The average Bonchev–Trinajstić information content (AvgIpc) is 3.15. The van der Waals surface area contributed by atoms with Crippen LogP contribution in [0.5, 0.6) is 0 Å². The van der Waals surface area contributed by atoms with Gasteiger partial charge in [-0.25, -0.2) is 10.3 Å². The number of thioether (sulfide) groups is 1. The second-order valence-electron chi connectivity index (χ2n) is 11.8. The zero-order valence-electron chi connectivity index (χ0n) is 26.9. The third-order valence-electron chi connectivity index (χ3n) is 8.27. The van der Waals surface area contributed by atoms with Crippen molar-refractivity contribution in [2.75, 3.05) is 5.75 Å². The van der Waals surface area contributed by atoms with Crippen molar-refractivity contribution < 1.29 is 39.3 Å². The topological polar surface area (TPSA) is 154 Å². The number of hydrogen-bond donors (Lipinski definition) is 5. The lowest BCUT2D eigenvalue weighted by atomic mass is 9.99. The van der Waals surface area contributed by atoms with E-state index < -0.39 is 18.2 Å². The minimum absolute atomic E-state index is 0.0429. The van der Waals surface area contributed by atoms with E-state index in [1.807, 2.05) is 84.9 Å². The molecule has 10 nitrogen and oxygen atoms in total. The first-order valence-corrected chi connectivity index (χ1v) is 17.2. The number of aliphatic hydroxyl groups excluding tert-OH is 1. The van der Waals surface area contributed by atoms with Crippen LogP contribution in [0.1, 0.15) is 77.1 Å². The molecule has 5 N–H and O–H groups in total. The van der Waals surface area contributed by atoms with Crippen molar-refractivity contribution in [1.29, 1.82) is 0 Å². The molecule has 4 aromatic rings. The molecule has 0 radical (unpaired) electrons. The minimum atomic E-state index is -0.967. The maximum absolute atomic E-state index is 12.3. The van der Waals surface area contributed by atoms with Gasteiger partial charge in [0.05, 0.1) is 24.4 Å². The van der Waals surface area contributed by atoms with E-state index in [4.69, 9.17) is 14.7 Å². The van der Waals surface area contributed by atoms with Crippen LogP contribution in [0.2, 0.25) is 0 Å². The Morgan fingerprint density at radius 3 is 2.20 bits per heavy atom. The van der Waals surface area contributed by atoms with Crippen molar-refractivity contribution in [1.82, 2.24) is 10.8 Å². The van der Waals surface area contributed by atoms with Gasteiger partial charge in [-0.1, -0.05) is 78.9 Å². The fourth-order valence-electron chi connectivity index (χ4n) is 5.58. The summed E-state index contributed by atoms with van der Waals surface area (Å²) in [4.78, 5) is 35.8. The van der Waals surface area contributed by atoms with Gasteiger partial charge in [-0.15, -0.1) is 11.8 Å². The molecule has 4 aromatic carbocycles. The fourth-order valence-corrected chi connectivity index (χ4v) is 6.65. The van der Waals surface area contributed by atoms with Crippen LogP contribution in [-0.4, -0.2) is 45.1 Å². The predicted molar refractivity (Wildman–Crippen MR) is 185 cm³/mol. The number of unbranched alkanes of at least 4 members (excludes halogenated alkanes) is 1. The Morgan fingerprint density at radius 2 is 1.49 bits per heavy atom. The first-order valence-electron chi connectivity index (χ1n) is 16.2. The van der Waals surface area contributed by atoms with Crippen LogP contribution >= 0.6 is 11.8 Å². The molecule has 0 aromatic heterocycles. The van der Waals surface area contributed by atoms with Gasteiger partial charge in [-0.3, -0.25) is 14.8 Å². The van der Waals surface area contributed by atoms with Gasteiger partial charge in [0.15, 0.2) is 6.29 Å².